The summed E-state index contributed by atoms with van der Waals surface area (Å²) >= 11 is 13.1. The molecular formula is C22H17Cl2N7O3. The molecule has 0 atom stereocenters. The second kappa shape index (κ2) is 8.59. The number of pyridine rings is 1. The molecule has 1 saturated carbocycles. The number of fused-ring (bicyclic) bond motifs is 1. The quantitative estimate of drug-likeness (QED) is 0.462. The van der Waals surface area contributed by atoms with Crippen LogP contribution in [0, 0.1) is 11.3 Å². The van der Waals surface area contributed by atoms with E-state index in [1.165, 1.54) is 24.6 Å². The monoisotopic (exact) mass is 497 g/mol. The maximum absolute atomic E-state index is 12.7. The SMILES string of the molecule is N#Cc1nn(-c2cc(Cl)c(-n3ncc4c3ccc(=O)n4C3CCCCC3)c(Cl)c2)c(=O)[nH]c1=O. The fourth-order valence-corrected chi connectivity index (χ4v) is 5.09. The van der Waals surface area contributed by atoms with Crippen molar-refractivity contribution in [2.45, 2.75) is 38.1 Å². The Morgan fingerprint density at radius 1 is 1.00 bits per heavy atom. The van der Waals surface area contributed by atoms with Crippen LogP contribution in [-0.4, -0.2) is 29.1 Å². The first-order valence-electron chi connectivity index (χ1n) is 10.6. The smallest absolute Gasteiger partial charge is 0.302 e. The van der Waals surface area contributed by atoms with Crippen molar-refractivity contribution in [2.75, 3.05) is 0 Å². The number of rotatable bonds is 3. The van der Waals surface area contributed by atoms with E-state index < -0.39 is 16.9 Å². The Hall–Kier alpha value is -3.68. The molecule has 172 valence electrons. The van der Waals surface area contributed by atoms with Crippen LogP contribution in [0.2, 0.25) is 10.0 Å². The number of hydrogen-bond donors (Lipinski definition) is 1. The Bertz CT molecular complexity index is 1630. The van der Waals surface area contributed by atoms with Gasteiger partial charge in [0.05, 0.1) is 33.0 Å². The molecule has 1 fully saturated rings. The number of benzene rings is 1. The van der Waals surface area contributed by atoms with Gasteiger partial charge in [-0.25, -0.2) is 9.48 Å². The normalized spacial score (nSPS) is 14.4. The van der Waals surface area contributed by atoms with Gasteiger partial charge in [0.15, 0.2) is 0 Å². The predicted molar refractivity (Wildman–Crippen MR) is 126 cm³/mol. The summed E-state index contributed by atoms with van der Waals surface area (Å²) in [5.41, 5.74) is -0.422. The van der Waals surface area contributed by atoms with Crippen LogP contribution in [0.1, 0.15) is 43.8 Å². The van der Waals surface area contributed by atoms with E-state index in [4.69, 9.17) is 28.5 Å². The predicted octanol–water partition coefficient (Wildman–Crippen LogP) is 3.11. The topological polar surface area (TPSA) is 131 Å². The number of hydrogen-bond acceptors (Lipinski definition) is 6. The summed E-state index contributed by atoms with van der Waals surface area (Å²) in [6, 6.07) is 7.80. The first-order valence-corrected chi connectivity index (χ1v) is 11.4. The molecule has 0 aliphatic heterocycles. The summed E-state index contributed by atoms with van der Waals surface area (Å²) in [4.78, 5) is 38.6. The molecule has 3 aromatic heterocycles. The molecule has 1 aromatic carbocycles. The lowest BCUT2D eigenvalue weighted by molar-refractivity contribution is 0.354. The first-order chi connectivity index (χ1) is 16.4. The van der Waals surface area contributed by atoms with Gasteiger partial charge in [0, 0.05) is 12.1 Å². The Morgan fingerprint density at radius 3 is 2.38 bits per heavy atom. The average molecular weight is 498 g/mol. The lowest BCUT2D eigenvalue weighted by atomic mass is 9.95. The molecule has 0 radical (unpaired) electrons. The van der Waals surface area contributed by atoms with Crippen molar-refractivity contribution >= 4 is 34.2 Å². The molecular weight excluding hydrogens is 481 g/mol. The van der Waals surface area contributed by atoms with Crippen LogP contribution in [-0.2, 0) is 0 Å². The van der Waals surface area contributed by atoms with E-state index in [1.807, 2.05) is 4.98 Å². The number of aromatic nitrogens is 6. The Labute approximate surface area is 201 Å². The average Bonchev–Trinajstić information content (AvgIpc) is 3.22. The highest BCUT2D eigenvalue weighted by Crippen LogP contribution is 2.34. The molecule has 1 aliphatic carbocycles. The van der Waals surface area contributed by atoms with Crippen molar-refractivity contribution in [1.82, 2.24) is 29.1 Å². The first kappa shape index (κ1) is 22.1. The highest BCUT2D eigenvalue weighted by molar-refractivity contribution is 6.38. The van der Waals surface area contributed by atoms with Gasteiger partial charge in [0.2, 0.25) is 5.69 Å². The third kappa shape index (κ3) is 3.63. The minimum absolute atomic E-state index is 0.0803. The number of nitrogens with zero attached hydrogens (tertiary/aromatic N) is 6. The van der Waals surface area contributed by atoms with Crippen LogP contribution in [0.15, 0.2) is 44.8 Å². The number of H-pyrrole nitrogens is 1. The molecule has 0 unspecified atom stereocenters. The van der Waals surface area contributed by atoms with Crippen molar-refractivity contribution in [3.8, 4) is 17.4 Å². The molecule has 0 amide bonds. The fourth-order valence-electron chi connectivity index (χ4n) is 4.46. The molecule has 34 heavy (non-hydrogen) atoms. The molecule has 0 spiro atoms. The summed E-state index contributed by atoms with van der Waals surface area (Å²) in [7, 11) is 0. The molecule has 1 N–H and O–H groups in total. The standard InChI is InChI=1S/C22H17Cl2N7O3/c23-14-8-13(30-22(34)27-21(33)16(10-25)28-30)9-15(24)20(14)31-17-6-7-19(32)29(18(17)11-26-31)12-4-2-1-3-5-12/h6-9,11-12H,1-5H2,(H,27,33,34). The number of nitrogens with one attached hydrogen (secondary N) is 1. The van der Waals surface area contributed by atoms with Crippen molar-refractivity contribution in [3.05, 3.63) is 77.4 Å². The van der Waals surface area contributed by atoms with Crippen molar-refractivity contribution in [2.24, 2.45) is 0 Å². The molecule has 5 rings (SSSR count). The molecule has 4 aromatic rings. The Balaban J connectivity index is 1.66. The van der Waals surface area contributed by atoms with Gasteiger partial charge in [-0.3, -0.25) is 14.6 Å². The van der Waals surface area contributed by atoms with E-state index in [2.05, 4.69) is 10.2 Å². The zero-order valence-electron chi connectivity index (χ0n) is 17.7. The molecule has 0 bridgehead atoms. The van der Waals surface area contributed by atoms with E-state index in [0.29, 0.717) is 16.7 Å². The van der Waals surface area contributed by atoms with E-state index in [9.17, 15) is 14.4 Å². The number of nitriles is 1. The van der Waals surface area contributed by atoms with E-state index in [-0.39, 0.29) is 27.3 Å². The van der Waals surface area contributed by atoms with Crippen LogP contribution in [0.3, 0.4) is 0 Å². The van der Waals surface area contributed by atoms with E-state index in [0.717, 1.165) is 30.4 Å². The van der Waals surface area contributed by atoms with Crippen molar-refractivity contribution < 1.29 is 0 Å². The molecule has 0 saturated heterocycles. The van der Waals surface area contributed by atoms with Gasteiger partial charge in [0.1, 0.15) is 11.8 Å². The highest BCUT2D eigenvalue weighted by Gasteiger charge is 2.22. The van der Waals surface area contributed by atoms with Crippen LogP contribution in [0.5, 0.6) is 0 Å². The van der Waals surface area contributed by atoms with E-state index >= 15 is 0 Å². The van der Waals surface area contributed by atoms with Crippen LogP contribution < -0.4 is 16.8 Å². The van der Waals surface area contributed by atoms with Gasteiger partial charge in [0.25, 0.3) is 11.1 Å². The third-order valence-electron chi connectivity index (χ3n) is 6.00. The summed E-state index contributed by atoms with van der Waals surface area (Å²) in [5, 5.41) is 17.6. The van der Waals surface area contributed by atoms with Crippen LogP contribution in [0.4, 0.5) is 0 Å². The van der Waals surface area contributed by atoms with Crippen LogP contribution in [0.25, 0.3) is 22.4 Å². The number of halogens is 2. The Morgan fingerprint density at radius 2 is 1.71 bits per heavy atom. The van der Waals surface area contributed by atoms with Crippen LogP contribution >= 0.6 is 23.2 Å². The molecule has 10 nitrogen and oxygen atoms in total. The number of aromatic amines is 1. The summed E-state index contributed by atoms with van der Waals surface area (Å²) in [6.45, 7) is 0. The molecule has 3 heterocycles. The second-order valence-corrected chi connectivity index (χ2v) is 8.86. The zero-order valence-corrected chi connectivity index (χ0v) is 19.2. The highest BCUT2D eigenvalue weighted by atomic mass is 35.5. The fraction of sp³-hybridized carbons (Fsp3) is 0.273. The van der Waals surface area contributed by atoms with Gasteiger partial charge in [-0.05, 0) is 31.0 Å². The maximum Gasteiger partial charge on any atom is 0.349 e. The van der Waals surface area contributed by atoms with E-state index in [1.54, 1.807) is 27.6 Å². The van der Waals surface area contributed by atoms with Crippen molar-refractivity contribution in [3.63, 3.8) is 0 Å². The van der Waals surface area contributed by atoms with Gasteiger partial charge in [-0.2, -0.15) is 15.0 Å². The van der Waals surface area contributed by atoms with Gasteiger partial charge in [-0.1, -0.05) is 42.5 Å². The Kier molecular flexibility index (Phi) is 5.59. The van der Waals surface area contributed by atoms with Gasteiger partial charge >= 0.3 is 5.69 Å². The third-order valence-corrected chi connectivity index (χ3v) is 6.57. The second-order valence-electron chi connectivity index (χ2n) is 8.05. The lowest BCUT2D eigenvalue weighted by Gasteiger charge is -2.24. The summed E-state index contributed by atoms with van der Waals surface area (Å²) in [5.74, 6) is 0. The molecule has 1 aliphatic rings. The summed E-state index contributed by atoms with van der Waals surface area (Å²) in [6.07, 6.45) is 6.82. The molecule has 12 heteroatoms. The van der Waals surface area contributed by atoms with Crippen molar-refractivity contribution in [1.29, 1.82) is 5.26 Å². The lowest BCUT2D eigenvalue weighted by Crippen LogP contribution is -2.33. The van der Waals surface area contributed by atoms with Gasteiger partial charge < -0.3 is 4.57 Å². The summed E-state index contributed by atoms with van der Waals surface area (Å²) < 4.78 is 4.18. The largest absolute Gasteiger partial charge is 0.349 e. The minimum atomic E-state index is -0.885. The zero-order chi connectivity index (χ0) is 24.0. The van der Waals surface area contributed by atoms with Gasteiger partial charge in [-0.15, -0.1) is 5.10 Å². The minimum Gasteiger partial charge on any atom is -0.302 e. The maximum atomic E-state index is 12.7.